The van der Waals surface area contributed by atoms with Gasteiger partial charge < -0.3 is 15.7 Å². The standard InChI is InChI=1S/C10H7Br2F3N2O3/c11-4-1-5(8(18)19)7(6(12)2-4)17-9(20)16-3-10(13,14)15/h1-2H,3H2,(H,18,19)(H2,16,17,20). The quantitative estimate of drug-likeness (QED) is 0.700. The molecule has 10 heteroatoms. The number of rotatable bonds is 3. The molecule has 0 saturated heterocycles. The highest BCUT2D eigenvalue weighted by molar-refractivity contribution is 9.11. The van der Waals surface area contributed by atoms with Crippen LogP contribution >= 0.6 is 31.9 Å². The van der Waals surface area contributed by atoms with Gasteiger partial charge in [-0.3, -0.25) is 0 Å². The monoisotopic (exact) mass is 418 g/mol. The first-order valence-corrected chi connectivity index (χ1v) is 6.52. The van der Waals surface area contributed by atoms with Crippen molar-refractivity contribution < 1.29 is 27.9 Å². The summed E-state index contributed by atoms with van der Waals surface area (Å²) >= 11 is 6.10. The van der Waals surface area contributed by atoms with E-state index in [-0.39, 0.29) is 15.7 Å². The predicted molar refractivity (Wildman–Crippen MR) is 71.9 cm³/mol. The van der Waals surface area contributed by atoms with Crippen molar-refractivity contribution in [1.82, 2.24) is 5.32 Å². The van der Waals surface area contributed by atoms with E-state index in [0.717, 1.165) is 0 Å². The van der Waals surface area contributed by atoms with Gasteiger partial charge in [0.25, 0.3) is 0 Å². The maximum Gasteiger partial charge on any atom is 0.405 e. The second-order valence-corrected chi connectivity index (χ2v) is 5.31. The molecule has 1 rings (SSSR count). The summed E-state index contributed by atoms with van der Waals surface area (Å²) in [6.45, 7) is -1.52. The van der Waals surface area contributed by atoms with Crippen LogP contribution in [0.5, 0.6) is 0 Å². The van der Waals surface area contributed by atoms with Crippen LogP contribution in [0, 0.1) is 0 Å². The molecule has 0 spiro atoms. The number of carbonyl (C=O) groups is 2. The number of alkyl halides is 3. The molecule has 0 atom stereocenters. The van der Waals surface area contributed by atoms with Crippen LogP contribution in [-0.4, -0.2) is 29.8 Å². The average molecular weight is 420 g/mol. The second kappa shape index (κ2) is 6.44. The molecule has 0 saturated carbocycles. The van der Waals surface area contributed by atoms with Gasteiger partial charge in [-0.1, -0.05) is 15.9 Å². The third kappa shape index (κ3) is 5.00. The molecular weight excluding hydrogens is 413 g/mol. The molecule has 1 aromatic rings. The van der Waals surface area contributed by atoms with E-state index in [1.54, 1.807) is 5.32 Å². The van der Waals surface area contributed by atoms with E-state index in [0.29, 0.717) is 4.47 Å². The summed E-state index contributed by atoms with van der Waals surface area (Å²) in [4.78, 5) is 22.4. The van der Waals surface area contributed by atoms with Gasteiger partial charge in [0.05, 0.1) is 11.3 Å². The second-order valence-electron chi connectivity index (χ2n) is 3.54. The van der Waals surface area contributed by atoms with E-state index in [9.17, 15) is 22.8 Å². The Morgan fingerprint density at radius 2 is 1.85 bits per heavy atom. The molecule has 2 amide bonds. The number of aromatic carboxylic acids is 1. The van der Waals surface area contributed by atoms with Crippen molar-refractivity contribution in [3.8, 4) is 0 Å². The Labute approximate surface area is 127 Å². The van der Waals surface area contributed by atoms with Crippen LogP contribution in [0.25, 0.3) is 0 Å². The number of hydrogen-bond acceptors (Lipinski definition) is 2. The van der Waals surface area contributed by atoms with Gasteiger partial charge >= 0.3 is 18.2 Å². The minimum absolute atomic E-state index is 0.139. The smallest absolute Gasteiger partial charge is 0.405 e. The fraction of sp³-hybridized carbons (Fsp3) is 0.200. The molecule has 3 N–H and O–H groups in total. The maximum atomic E-state index is 11.9. The average Bonchev–Trinajstić information content (AvgIpc) is 2.28. The number of benzene rings is 1. The van der Waals surface area contributed by atoms with Gasteiger partial charge in [-0.15, -0.1) is 0 Å². The molecule has 0 heterocycles. The molecule has 0 radical (unpaired) electrons. The van der Waals surface area contributed by atoms with Crippen LogP contribution in [0.1, 0.15) is 10.4 Å². The van der Waals surface area contributed by atoms with Crippen molar-refractivity contribution in [3.05, 3.63) is 26.6 Å². The highest BCUT2D eigenvalue weighted by Crippen LogP contribution is 2.30. The third-order valence-electron chi connectivity index (χ3n) is 1.97. The molecule has 5 nitrogen and oxygen atoms in total. The number of carboxylic acid groups (broad SMARTS) is 1. The zero-order valence-corrected chi connectivity index (χ0v) is 12.7. The third-order valence-corrected chi connectivity index (χ3v) is 3.06. The van der Waals surface area contributed by atoms with Crippen molar-refractivity contribution in [1.29, 1.82) is 0 Å². The Balaban J connectivity index is 2.92. The Bertz CT molecular complexity index is 549. The van der Waals surface area contributed by atoms with Gasteiger partial charge in [0.15, 0.2) is 0 Å². The predicted octanol–water partition coefficient (Wildman–Crippen LogP) is 3.59. The lowest BCUT2D eigenvalue weighted by molar-refractivity contribution is -0.122. The Morgan fingerprint density at radius 1 is 1.25 bits per heavy atom. The minimum atomic E-state index is -4.55. The summed E-state index contributed by atoms with van der Waals surface area (Å²) in [5, 5.41) is 12.6. The van der Waals surface area contributed by atoms with E-state index in [2.05, 4.69) is 37.2 Å². The molecule has 0 aliphatic heterocycles. The van der Waals surface area contributed by atoms with Crippen LogP contribution in [0.3, 0.4) is 0 Å². The number of halogens is 5. The normalized spacial score (nSPS) is 11.1. The van der Waals surface area contributed by atoms with E-state index in [1.807, 2.05) is 0 Å². The van der Waals surface area contributed by atoms with E-state index in [4.69, 9.17) is 5.11 Å². The number of hydrogen-bond donors (Lipinski definition) is 3. The number of amides is 2. The SMILES string of the molecule is O=C(NCC(F)(F)F)Nc1c(Br)cc(Br)cc1C(=O)O. The zero-order chi connectivity index (χ0) is 15.5. The Hall–Kier alpha value is -1.29. The summed E-state index contributed by atoms with van der Waals surface area (Å²) in [6, 6.07) is 1.51. The van der Waals surface area contributed by atoms with Crippen LogP contribution in [0.2, 0.25) is 0 Å². The number of carbonyl (C=O) groups excluding carboxylic acids is 1. The summed E-state index contributed by atoms with van der Waals surface area (Å²) < 4.78 is 36.5. The molecule has 0 bridgehead atoms. The largest absolute Gasteiger partial charge is 0.478 e. The van der Waals surface area contributed by atoms with Crippen LogP contribution in [-0.2, 0) is 0 Å². The molecular formula is C10H7Br2F3N2O3. The van der Waals surface area contributed by atoms with Gasteiger partial charge in [-0.25, -0.2) is 9.59 Å². The van der Waals surface area contributed by atoms with Crippen LogP contribution in [0.4, 0.5) is 23.7 Å². The van der Waals surface area contributed by atoms with Crippen molar-refractivity contribution >= 4 is 49.5 Å². The number of anilines is 1. The number of urea groups is 1. The molecule has 0 aromatic heterocycles. The summed E-state index contributed by atoms with van der Waals surface area (Å²) in [6.07, 6.45) is -4.55. The fourth-order valence-corrected chi connectivity index (χ4v) is 2.53. The molecule has 0 unspecified atom stereocenters. The van der Waals surface area contributed by atoms with E-state index < -0.39 is 24.7 Å². The summed E-state index contributed by atoms with van der Waals surface area (Å²) in [7, 11) is 0. The Kier molecular flexibility index (Phi) is 5.40. The van der Waals surface area contributed by atoms with Gasteiger partial charge in [0, 0.05) is 8.95 Å². The fourth-order valence-electron chi connectivity index (χ4n) is 1.21. The van der Waals surface area contributed by atoms with Crippen molar-refractivity contribution in [2.45, 2.75) is 6.18 Å². The highest BCUT2D eigenvalue weighted by Gasteiger charge is 2.28. The summed E-state index contributed by atoms with van der Waals surface area (Å²) in [5.41, 5.74) is -0.409. The Morgan fingerprint density at radius 3 is 2.35 bits per heavy atom. The van der Waals surface area contributed by atoms with Gasteiger partial charge in [-0.2, -0.15) is 13.2 Å². The lowest BCUT2D eigenvalue weighted by Crippen LogP contribution is -2.37. The molecule has 0 aliphatic rings. The lowest BCUT2D eigenvalue weighted by Gasteiger charge is -2.13. The topological polar surface area (TPSA) is 78.4 Å². The first-order valence-electron chi connectivity index (χ1n) is 4.94. The molecule has 1 aromatic carbocycles. The van der Waals surface area contributed by atoms with Crippen LogP contribution in [0.15, 0.2) is 21.1 Å². The molecule has 20 heavy (non-hydrogen) atoms. The first-order chi connectivity index (χ1) is 9.10. The maximum absolute atomic E-state index is 11.9. The summed E-state index contributed by atoms with van der Waals surface area (Å²) in [5.74, 6) is -1.34. The van der Waals surface area contributed by atoms with Crippen molar-refractivity contribution in [2.24, 2.45) is 0 Å². The lowest BCUT2D eigenvalue weighted by atomic mass is 10.2. The van der Waals surface area contributed by atoms with Crippen molar-refractivity contribution in [2.75, 3.05) is 11.9 Å². The van der Waals surface area contributed by atoms with Crippen LogP contribution < -0.4 is 10.6 Å². The minimum Gasteiger partial charge on any atom is -0.478 e. The van der Waals surface area contributed by atoms with Gasteiger partial charge in [0.1, 0.15) is 6.54 Å². The zero-order valence-electron chi connectivity index (χ0n) is 9.52. The van der Waals surface area contributed by atoms with E-state index >= 15 is 0 Å². The van der Waals surface area contributed by atoms with Gasteiger partial charge in [0.2, 0.25) is 0 Å². The molecule has 0 fully saturated rings. The number of nitrogens with one attached hydrogen (secondary N) is 2. The molecule has 110 valence electrons. The highest BCUT2D eigenvalue weighted by atomic mass is 79.9. The van der Waals surface area contributed by atoms with Gasteiger partial charge in [-0.05, 0) is 28.1 Å². The molecule has 0 aliphatic carbocycles. The first kappa shape index (κ1) is 16.8. The van der Waals surface area contributed by atoms with E-state index in [1.165, 1.54) is 12.1 Å². The number of carboxylic acids is 1. The van der Waals surface area contributed by atoms with Crippen molar-refractivity contribution in [3.63, 3.8) is 0 Å².